The van der Waals surface area contributed by atoms with Crippen LogP contribution in [0.4, 0.5) is 8.78 Å². The van der Waals surface area contributed by atoms with Crippen LogP contribution in [0, 0.1) is 11.6 Å². The molecule has 1 aromatic heterocycles. The van der Waals surface area contributed by atoms with E-state index < -0.39 is 23.1 Å². The zero-order valence-corrected chi connectivity index (χ0v) is 15.5. The number of amides is 2. The Kier molecular flexibility index (Phi) is 4.99. The number of benzene rings is 1. The van der Waals surface area contributed by atoms with Gasteiger partial charge in [-0.05, 0) is 52.2 Å². The molecule has 1 aromatic carbocycles. The summed E-state index contributed by atoms with van der Waals surface area (Å²) in [5, 5.41) is 9.65. The van der Waals surface area contributed by atoms with Crippen molar-refractivity contribution >= 4 is 11.8 Å². The summed E-state index contributed by atoms with van der Waals surface area (Å²) in [5.41, 5.74) is 1.78. The number of carbonyl (C=O) groups excluding carboxylic acids is 2. The van der Waals surface area contributed by atoms with Gasteiger partial charge in [-0.1, -0.05) is 0 Å². The Morgan fingerprint density at radius 1 is 1.19 bits per heavy atom. The number of nitrogens with one attached hydrogen (secondary N) is 2. The molecular weight excluding hydrogens is 354 g/mol. The van der Waals surface area contributed by atoms with E-state index in [0.717, 1.165) is 29.8 Å². The molecule has 1 aliphatic rings. The molecule has 0 saturated heterocycles. The number of nitrogens with zero attached hydrogens (tertiary/aromatic N) is 2. The molecule has 8 heteroatoms. The van der Waals surface area contributed by atoms with Crippen LogP contribution >= 0.6 is 0 Å². The predicted octanol–water partition coefficient (Wildman–Crippen LogP) is 2.28. The van der Waals surface area contributed by atoms with Crippen LogP contribution in [0.15, 0.2) is 18.2 Å². The first-order valence-corrected chi connectivity index (χ1v) is 8.81. The molecule has 1 heterocycles. The van der Waals surface area contributed by atoms with E-state index in [2.05, 4.69) is 15.7 Å². The van der Waals surface area contributed by atoms with Crippen LogP contribution in [-0.2, 0) is 17.6 Å². The zero-order valence-electron chi connectivity index (χ0n) is 15.5. The molecule has 0 unspecified atom stereocenters. The standard InChI is InChI=1S/C19H22F2N4O2/c1-19(2,3)23-16(26)10-22-18(27)17-12-5-4-6-15(12)25(24-17)11-7-8-13(20)14(21)9-11/h7-9H,4-6,10H2,1-3H3,(H,22,27)(H,23,26). The molecule has 144 valence electrons. The summed E-state index contributed by atoms with van der Waals surface area (Å²) in [6, 6.07) is 3.51. The van der Waals surface area contributed by atoms with Crippen molar-refractivity contribution in [2.45, 2.75) is 45.6 Å². The van der Waals surface area contributed by atoms with Gasteiger partial charge in [0, 0.05) is 22.9 Å². The van der Waals surface area contributed by atoms with E-state index in [1.165, 1.54) is 10.7 Å². The van der Waals surface area contributed by atoms with Gasteiger partial charge in [-0.3, -0.25) is 9.59 Å². The van der Waals surface area contributed by atoms with Crippen LogP contribution in [0.1, 0.15) is 48.9 Å². The maximum Gasteiger partial charge on any atom is 0.272 e. The van der Waals surface area contributed by atoms with E-state index in [-0.39, 0.29) is 18.1 Å². The topological polar surface area (TPSA) is 76.0 Å². The molecule has 27 heavy (non-hydrogen) atoms. The Labute approximate surface area is 155 Å². The van der Waals surface area contributed by atoms with E-state index in [0.29, 0.717) is 18.5 Å². The number of rotatable bonds is 4. The van der Waals surface area contributed by atoms with E-state index in [4.69, 9.17) is 0 Å². The van der Waals surface area contributed by atoms with Crippen molar-refractivity contribution in [3.05, 3.63) is 46.8 Å². The molecule has 2 N–H and O–H groups in total. The minimum absolute atomic E-state index is 0.164. The number of hydrogen-bond acceptors (Lipinski definition) is 3. The van der Waals surface area contributed by atoms with Gasteiger partial charge in [0.15, 0.2) is 17.3 Å². The maximum atomic E-state index is 13.6. The Morgan fingerprint density at radius 2 is 1.93 bits per heavy atom. The smallest absolute Gasteiger partial charge is 0.272 e. The monoisotopic (exact) mass is 376 g/mol. The first-order valence-electron chi connectivity index (χ1n) is 8.81. The van der Waals surface area contributed by atoms with Crippen molar-refractivity contribution in [1.29, 1.82) is 0 Å². The van der Waals surface area contributed by atoms with E-state index in [1.807, 2.05) is 20.8 Å². The van der Waals surface area contributed by atoms with Gasteiger partial charge in [0.2, 0.25) is 5.91 Å². The third-order valence-electron chi connectivity index (χ3n) is 4.22. The fourth-order valence-electron chi connectivity index (χ4n) is 3.16. The van der Waals surface area contributed by atoms with E-state index in [9.17, 15) is 18.4 Å². The van der Waals surface area contributed by atoms with Crippen molar-refractivity contribution in [2.24, 2.45) is 0 Å². The van der Waals surface area contributed by atoms with Crippen LogP contribution in [0.25, 0.3) is 5.69 Å². The third kappa shape index (κ3) is 4.15. The van der Waals surface area contributed by atoms with Crippen molar-refractivity contribution in [3.8, 4) is 5.69 Å². The molecular formula is C19H22F2N4O2. The van der Waals surface area contributed by atoms with Gasteiger partial charge < -0.3 is 10.6 Å². The highest BCUT2D eigenvalue weighted by Crippen LogP contribution is 2.28. The van der Waals surface area contributed by atoms with Crippen molar-refractivity contribution < 1.29 is 18.4 Å². The van der Waals surface area contributed by atoms with Crippen molar-refractivity contribution in [3.63, 3.8) is 0 Å². The molecule has 2 amide bonds. The van der Waals surface area contributed by atoms with Gasteiger partial charge in [0.05, 0.1) is 12.2 Å². The summed E-state index contributed by atoms with van der Waals surface area (Å²) in [6.45, 7) is 5.39. The lowest BCUT2D eigenvalue weighted by molar-refractivity contribution is -0.121. The molecule has 0 fully saturated rings. The maximum absolute atomic E-state index is 13.6. The summed E-state index contributed by atoms with van der Waals surface area (Å²) in [6.07, 6.45) is 2.22. The second kappa shape index (κ2) is 7.09. The highest BCUT2D eigenvalue weighted by molar-refractivity contribution is 5.96. The number of aromatic nitrogens is 2. The Balaban J connectivity index is 1.81. The van der Waals surface area contributed by atoms with Crippen molar-refractivity contribution in [1.82, 2.24) is 20.4 Å². The normalized spacial score (nSPS) is 13.4. The quantitative estimate of drug-likeness (QED) is 0.860. The Hall–Kier alpha value is -2.77. The van der Waals surface area contributed by atoms with Gasteiger partial charge in [-0.2, -0.15) is 5.10 Å². The first kappa shape index (κ1) is 19.0. The van der Waals surface area contributed by atoms with Crippen LogP contribution in [0.3, 0.4) is 0 Å². The lowest BCUT2D eigenvalue weighted by Gasteiger charge is -2.20. The number of fused-ring (bicyclic) bond motifs is 1. The zero-order chi connectivity index (χ0) is 19.8. The van der Waals surface area contributed by atoms with Gasteiger partial charge in [0.1, 0.15) is 0 Å². The van der Waals surface area contributed by atoms with Crippen LogP contribution in [0.5, 0.6) is 0 Å². The lowest BCUT2D eigenvalue weighted by Crippen LogP contribution is -2.46. The van der Waals surface area contributed by atoms with Gasteiger partial charge in [-0.15, -0.1) is 0 Å². The molecule has 0 atom stereocenters. The first-order chi connectivity index (χ1) is 12.7. The van der Waals surface area contributed by atoms with E-state index in [1.54, 1.807) is 0 Å². The fourth-order valence-corrected chi connectivity index (χ4v) is 3.16. The fraction of sp³-hybridized carbons (Fsp3) is 0.421. The third-order valence-corrected chi connectivity index (χ3v) is 4.22. The number of hydrogen-bond donors (Lipinski definition) is 2. The second-order valence-corrected chi connectivity index (χ2v) is 7.62. The lowest BCUT2D eigenvalue weighted by atomic mass is 10.1. The molecule has 0 saturated carbocycles. The Bertz CT molecular complexity index is 900. The summed E-state index contributed by atoms with van der Waals surface area (Å²) >= 11 is 0. The number of carbonyl (C=O) groups is 2. The average Bonchev–Trinajstić information content (AvgIpc) is 3.16. The summed E-state index contributed by atoms with van der Waals surface area (Å²) in [4.78, 5) is 24.4. The molecule has 0 bridgehead atoms. The summed E-state index contributed by atoms with van der Waals surface area (Å²) < 4.78 is 28.3. The highest BCUT2D eigenvalue weighted by atomic mass is 19.2. The average molecular weight is 376 g/mol. The van der Waals surface area contributed by atoms with Gasteiger partial charge in [-0.25, -0.2) is 13.5 Å². The Morgan fingerprint density at radius 3 is 2.59 bits per heavy atom. The molecule has 1 aliphatic carbocycles. The summed E-state index contributed by atoms with van der Waals surface area (Å²) in [7, 11) is 0. The molecule has 0 aliphatic heterocycles. The largest absolute Gasteiger partial charge is 0.350 e. The summed E-state index contributed by atoms with van der Waals surface area (Å²) in [5.74, 6) is -2.67. The van der Waals surface area contributed by atoms with Gasteiger partial charge >= 0.3 is 0 Å². The molecule has 6 nitrogen and oxygen atoms in total. The van der Waals surface area contributed by atoms with Gasteiger partial charge in [0.25, 0.3) is 5.91 Å². The number of halogens is 2. The predicted molar refractivity (Wildman–Crippen MR) is 95.7 cm³/mol. The van der Waals surface area contributed by atoms with Crippen LogP contribution in [-0.4, -0.2) is 33.7 Å². The highest BCUT2D eigenvalue weighted by Gasteiger charge is 2.27. The second-order valence-electron chi connectivity index (χ2n) is 7.62. The van der Waals surface area contributed by atoms with Crippen molar-refractivity contribution in [2.75, 3.05) is 6.54 Å². The minimum atomic E-state index is -0.973. The molecule has 2 aromatic rings. The van der Waals surface area contributed by atoms with E-state index >= 15 is 0 Å². The SMILES string of the molecule is CC(C)(C)NC(=O)CNC(=O)c1nn(-c2ccc(F)c(F)c2)c2c1CCC2. The molecule has 0 spiro atoms. The minimum Gasteiger partial charge on any atom is -0.350 e. The molecule has 0 radical (unpaired) electrons. The van der Waals surface area contributed by atoms with Crippen LogP contribution < -0.4 is 10.6 Å². The molecule has 3 rings (SSSR count). The van der Waals surface area contributed by atoms with Crippen LogP contribution in [0.2, 0.25) is 0 Å².